The molecule has 2 rings (SSSR count). The maximum atomic E-state index is 4.58. The molecule has 0 unspecified atom stereocenters. The normalized spacial score (nSPS) is 11.9. The summed E-state index contributed by atoms with van der Waals surface area (Å²) in [5.41, 5.74) is 4.90. The maximum Gasteiger partial charge on any atom is 0.0198 e. The number of rotatable bonds is 1. The van der Waals surface area contributed by atoms with Crippen molar-refractivity contribution in [1.29, 1.82) is 0 Å². The van der Waals surface area contributed by atoms with Gasteiger partial charge in [0, 0.05) is 26.3 Å². The molecule has 2 heteroatoms. The molecule has 0 fully saturated rings. The molecule has 2 aromatic rings. The van der Waals surface area contributed by atoms with Crippen LogP contribution < -0.4 is 0 Å². The van der Waals surface area contributed by atoms with Crippen molar-refractivity contribution >= 4 is 0 Å². The summed E-state index contributed by atoms with van der Waals surface area (Å²) in [6.45, 7) is 13.3. The van der Waals surface area contributed by atoms with Crippen LogP contribution in [0, 0.1) is 6.07 Å². The van der Waals surface area contributed by atoms with Gasteiger partial charge < -0.3 is 4.98 Å². The molecule has 115 valence electrons. The minimum absolute atomic E-state index is 0. The van der Waals surface area contributed by atoms with Crippen molar-refractivity contribution in [3.8, 4) is 11.3 Å². The zero-order chi connectivity index (χ0) is 15.0. The van der Waals surface area contributed by atoms with E-state index in [4.69, 9.17) is 0 Å². The molecule has 0 spiro atoms. The molecule has 0 atom stereocenters. The Morgan fingerprint density at radius 2 is 1.38 bits per heavy atom. The van der Waals surface area contributed by atoms with Crippen LogP contribution in [0.15, 0.2) is 36.5 Å². The first kappa shape index (κ1) is 18.1. The number of nitrogens with zero attached hydrogens (tertiary/aromatic N) is 1. The molecule has 1 radical (unpaired) electrons. The largest absolute Gasteiger partial charge is 0.304 e. The summed E-state index contributed by atoms with van der Waals surface area (Å²) in [6.07, 6.45) is 1.97. The summed E-state index contributed by atoms with van der Waals surface area (Å²) in [7, 11) is 0. The van der Waals surface area contributed by atoms with E-state index in [1.807, 2.05) is 6.20 Å². The smallest absolute Gasteiger partial charge is 0.0198 e. The Kier molecular flexibility index (Phi) is 5.52. The Balaban J connectivity index is 0.00000220. The van der Waals surface area contributed by atoms with E-state index in [1.54, 1.807) is 0 Å². The number of pyridine rings is 1. The van der Waals surface area contributed by atoms with E-state index in [2.05, 4.69) is 82.9 Å². The molecule has 0 saturated heterocycles. The van der Waals surface area contributed by atoms with Gasteiger partial charge in [0.1, 0.15) is 0 Å². The van der Waals surface area contributed by atoms with Crippen LogP contribution in [0.4, 0.5) is 0 Å². The van der Waals surface area contributed by atoms with Crippen molar-refractivity contribution in [2.75, 3.05) is 0 Å². The molecule has 0 aliphatic heterocycles. The molecule has 0 aliphatic rings. The van der Waals surface area contributed by atoms with Gasteiger partial charge in [-0.1, -0.05) is 53.7 Å². The third-order valence-corrected chi connectivity index (χ3v) is 3.58. The molecule has 0 saturated carbocycles. The van der Waals surface area contributed by atoms with Crippen molar-refractivity contribution < 1.29 is 20.1 Å². The zero-order valence-corrected chi connectivity index (χ0v) is 16.1. The minimum atomic E-state index is 0. The van der Waals surface area contributed by atoms with Gasteiger partial charge in [0.25, 0.3) is 0 Å². The second-order valence-electron chi connectivity index (χ2n) is 7.42. The van der Waals surface area contributed by atoms with Crippen LogP contribution in [0.1, 0.15) is 52.7 Å². The van der Waals surface area contributed by atoms with Gasteiger partial charge in [-0.05, 0) is 22.1 Å². The Labute approximate surface area is 142 Å². The number of aromatic nitrogens is 1. The van der Waals surface area contributed by atoms with Crippen molar-refractivity contribution in [2.24, 2.45) is 0 Å². The number of benzene rings is 1. The van der Waals surface area contributed by atoms with E-state index in [0.29, 0.717) is 0 Å². The summed E-state index contributed by atoms with van der Waals surface area (Å²) >= 11 is 0. The summed E-state index contributed by atoms with van der Waals surface area (Å²) in [4.78, 5) is 4.58. The fraction of sp³-hybridized carbons (Fsp3) is 0.421. The van der Waals surface area contributed by atoms with Gasteiger partial charge in [0.05, 0.1) is 0 Å². The first-order valence-electron chi connectivity index (χ1n) is 7.17. The van der Waals surface area contributed by atoms with Crippen molar-refractivity contribution in [1.82, 2.24) is 4.98 Å². The molecule has 21 heavy (non-hydrogen) atoms. The van der Waals surface area contributed by atoms with E-state index < -0.39 is 0 Å². The minimum Gasteiger partial charge on any atom is -0.304 e. The van der Waals surface area contributed by atoms with E-state index >= 15 is 0 Å². The Hall–Kier alpha value is -0.981. The fourth-order valence-corrected chi connectivity index (χ4v) is 2.05. The summed E-state index contributed by atoms with van der Waals surface area (Å²) in [5.74, 6) is 0. The number of hydrogen-bond donors (Lipinski definition) is 0. The van der Waals surface area contributed by atoms with Gasteiger partial charge in [-0.3, -0.25) is 0 Å². The van der Waals surface area contributed by atoms with E-state index in [0.717, 1.165) is 11.3 Å². The van der Waals surface area contributed by atoms with Crippen LogP contribution in [-0.4, -0.2) is 4.98 Å². The Morgan fingerprint density at radius 1 is 0.810 bits per heavy atom. The third-order valence-electron chi connectivity index (χ3n) is 3.58. The first-order valence-corrected chi connectivity index (χ1v) is 7.17. The summed E-state index contributed by atoms with van der Waals surface area (Å²) in [6, 6.07) is 14.0. The monoisotopic (exact) mass is 459 g/mol. The van der Waals surface area contributed by atoms with E-state index in [-0.39, 0.29) is 30.9 Å². The predicted molar refractivity (Wildman–Crippen MR) is 85.9 cm³/mol. The maximum absolute atomic E-state index is 4.58. The van der Waals surface area contributed by atoms with Gasteiger partial charge in [-0.25, -0.2) is 0 Å². The van der Waals surface area contributed by atoms with Crippen LogP contribution in [0.5, 0.6) is 0 Å². The van der Waals surface area contributed by atoms with Gasteiger partial charge in [0.2, 0.25) is 0 Å². The molecule has 0 bridgehead atoms. The third kappa shape index (κ3) is 4.49. The first-order chi connectivity index (χ1) is 9.18. The van der Waals surface area contributed by atoms with Gasteiger partial charge >= 0.3 is 0 Å². The van der Waals surface area contributed by atoms with Crippen LogP contribution >= 0.6 is 0 Å². The molecular formula is C19H24IrN-. The predicted octanol–water partition coefficient (Wildman–Crippen LogP) is 5.14. The average Bonchev–Trinajstić information content (AvgIpc) is 2.37. The SMILES string of the molecule is CC(C)(C)c1c[c-]c(-c2ccc(C(C)(C)C)cn2)cc1.[Ir]. The van der Waals surface area contributed by atoms with Crippen molar-refractivity contribution in [3.05, 3.63) is 53.7 Å². The average molecular weight is 459 g/mol. The molecule has 0 aliphatic carbocycles. The molecule has 0 amide bonds. The zero-order valence-electron chi connectivity index (χ0n) is 13.7. The molecule has 1 nitrogen and oxygen atoms in total. The summed E-state index contributed by atoms with van der Waals surface area (Å²) < 4.78 is 0. The van der Waals surface area contributed by atoms with Gasteiger partial charge in [-0.2, -0.15) is 0 Å². The van der Waals surface area contributed by atoms with Crippen molar-refractivity contribution in [2.45, 2.75) is 52.4 Å². The van der Waals surface area contributed by atoms with Gasteiger partial charge in [0.15, 0.2) is 0 Å². The van der Waals surface area contributed by atoms with Crippen LogP contribution in [0.2, 0.25) is 0 Å². The standard InChI is InChI=1S/C19H24N.Ir/c1-18(2,3)15-9-7-14(8-10-15)17-12-11-16(13-20-17)19(4,5)6;/h7,9-13H,1-6H3;/q-1;. The van der Waals surface area contributed by atoms with Crippen molar-refractivity contribution in [3.63, 3.8) is 0 Å². The van der Waals surface area contributed by atoms with Crippen LogP contribution in [0.25, 0.3) is 11.3 Å². The fourth-order valence-electron chi connectivity index (χ4n) is 2.05. The second kappa shape index (κ2) is 6.42. The number of hydrogen-bond acceptors (Lipinski definition) is 1. The summed E-state index contributed by atoms with van der Waals surface area (Å²) in [5, 5.41) is 0. The van der Waals surface area contributed by atoms with Crippen LogP contribution in [0.3, 0.4) is 0 Å². The van der Waals surface area contributed by atoms with Crippen LogP contribution in [-0.2, 0) is 30.9 Å². The molecule has 1 heterocycles. The Morgan fingerprint density at radius 3 is 1.76 bits per heavy atom. The molecule has 0 N–H and O–H groups in total. The topological polar surface area (TPSA) is 12.9 Å². The van der Waals surface area contributed by atoms with Gasteiger partial charge in [-0.15, -0.1) is 35.4 Å². The Bertz CT molecular complexity index is 513. The van der Waals surface area contributed by atoms with E-state index in [9.17, 15) is 0 Å². The second-order valence-corrected chi connectivity index (χ2v) is 7.42. The molecule has 1 aromatic heterocycles. The molecular weight excluding hydrogens is 434 g/mol. The van der Waals surface area contributed by atoms with E-state index in [1.165, 1.54) is 11.1 Å². The quantitative estimate of drug-likeness (QED) is 0.539. The molecule has 1 aromatic carbocycles.